The van der Waals surface area contributed by atoms with Crippen molar-refractivity contribution in [2.45, 2.75) is 54.9 Å². The van der Waals surface area contributed by atoms with Crippen molar-refractivity contribution >= 4 is 5.97 Å². The Kier molecular flexibility index (Phi) is 20.7. The minimum Gasteiger partial charge on any atom is -0.461 e. The van der Waals surface area contributed by atoms with Gasteiger partial charge in [-0.15, -0.1) is 0 Å². The fourth-order valence-electron chi connectivity index (χ4n) is 2.00. The first kappa shape index (κ1) is 28.0. The van der Waals surface area contributed by atoms with Crippen molar-refractivity contribution in [1.82, 2.24) is 0 Å². The van der Waals surface area contributed by atoms with Gasteiger partial charge in [-0.2, -0.15) is 0 Å². The molecule has 0 bridgehead atoms. The monoisotopic (exact) mass is 348 g/mol. The Morgan fingerprint density at radius 1 is 0.960 bits per heavy atom. The maximum absolute atomic E-state index is 12.1. The van der Waals surface area contributed by atoms with E-state index < -0.39 is 5.41 Å². The SMILES string of the molecule is C=C/C=C/C=C.C=C/C=C/COC(=O)C(C)(CC(C)C)C(C)C.CC. The van der Waals surface area contributed by atoms with Crippen LogP contribution in [0.1, 0.15) is 54.9 Å². The minimum atomic E-state index is -0.393. The largest absolute Gasteiger partial charge is 0.461 e. The molecule has 0 aromatic rings. The van der Waals surface area contributed by atoms with Crippen LogP contribution >= 0.6 is 0 Å². The summed E-state index contributed by atoms with van der Waals surface area (Å²) in [5.74, 6) is 0.661. The lowest BCUT2D eigenvalue weighted by molar-refractivity contribution is -0.157. The molecule has 0 saturated heterocycles. The van der Waals surface area contributed by atoms with Gasteiger partial charge < -0.3 is 4.74 Å². The zero-order chi connectivity index (χ0) is 20.3. The molecule has 0 aliphatic carbocycles. The van der Waals surface area contributed by atoms with Crippen LogP contribution in [0.5, 0.6) is 0 Å². The summed E-state index contributed by atoms with van der Waals surface area (Å²) in [5, 5.41) is 0. The summed E-state index contributed by atoms with van der Waals surface area (Å²) in [5.41, 5.74) is -0.393. The zero-order valence-corrected chi connectivity index (χ0v) is 17.5. The van der Waals surface area contributed by atoms with Crippen LogP contribution in [0.3, 0.4) is 0 Å². The van der Waals surface area contributed by atoms with Gasteiger partial charge in [0.15, 0.2) is 0 Å². The molecule has 0 radical (unpaired) electrons. The standard InChI is InChI=1S/C15H26O2.C6H8.C2H6/c1-7-8-9-10-17-14(16)15(6,13(4)5)11-12(2)3;1-3-5-6-4-2;1-2/h7-9,12-13H,1,10-11H2,2-6H3;3-6H,1-2H2;1-2H3/b9-8+;6-5+;. The highest BCUT2D eigenvalue weighted by Crippen LogP contribution is 2.35. The number of hydrogen-bond donors (Lipinski definition) is 0. The summed E-state index contributed by atoms with van der Waals surface area (Å²) in [6.07, 6.45) is 13.2. The van der Waals surface area contributed by atoms with Gasteiger partial charge in [-0.25, -0.2) is 0 Å². The van der Waals surface area contributed by atoms with E-state index in [0.717, 1.165) is 6.42 Å². The molecular weight excluding hydrogens is 308 g/mol. The fraction of sp³-hybridized carbons (Fsp3) is 0.522. The van der Waals surface area contributed by atoms with E-state index in [2.05, 4.69) is 47.4 Å². The van der Waals surface area contributed by atoms with E-state index in [1.807, 2.05) is 32.9 Å². The summed E-state index contributed by atoms with van der Waals surface area (Å²) >= 11 is 0. The lowest BCUT2D eigenvalue weighted by Gasteiger charge is -2.32. The number of hydrogen-bond acceptors (Lipinski definition) is 2. The van der Waals surface area contributed by atoms with E-state index in [1.165, 1.54) is 0 Å². The first-order chi connectivity index (χ1) is 11.8. The molecule has 0 spiro atoms. The molecular formula is C23H40O2. The Morgan fingerprint density at radius 2 is 1.40 bits per heavy atom. The van der Waals surface area contributed by atoms with Crippen LogP contribution in [0.4, 0.5) is 0 Å². The van der Waals surface area contributed by atoms with Crippen molar-refractivity contribution < 1.29 is 9.53 Å². The van der Waals surface area contributed by atoms with E-state index in [-0.39, 0.29) is 11.9 Å². The second kappa shape index (κ2) is 18.5. The van der Waals surface area contributed by atoms with Crippen LogP contribution in [-0.4, -0.2) is 12.6 Å². The van der Waals surface area contributed by atoms with Gasteiger partial charge in [-0.1, -0.05) is 97.7 Å². The molecule has 2 nitrogen and oxygen atoms in total. The molecule has 25 heavy (non-hydrogen) atoms. The van der Waals surface area contributed by atoms with Gasteiger partial charge >= 0.3 is 5.97 Å². The van der Waals surface area contributed by atoms with Crippen molar-refractivity contribution in [3.05, 3.63) is 62.3 Å². The molecule has 0 N–H and O–H groups in total. The molecule has 0 saturated carbocycles. The highest BCUT2D eigenvalue weighted by atomic mass is 16.5. The predicted octanol–water partition coefficient (Wildman–Crippen LogP) is 6.92. The maximum Gasteiger partial charge on any atom is 0.312 e. The van der Waals surface area contributed by atoms with Crippen LogP contribution in [0.2, 0.25) is 0 Å². The van der Waals surface area contributed by atoms with E-state index in [0.29, 0.717) is 12.5 Å². The van der Waals surface area contributed by atoms with Gasteiger partial charge in [-0.3, -0.25) is 4.79 Å². The molecule has 0 amide bonds. The molecule has 0 aliphatic rings. The summed E-state index contributed by atoms with van der Waals surface area (Å²) in [6.45, 7) is 25.2. The van der Waals surface area contributed by atoms with Crippen molar-refractivity contribution in [3.63, 3.8) is 0 Å². The number of esters is 1. The van der Waals surface area contributed by atoms with E-state index in [9.17, 15) is 4.79 Å². The Bertz CT molecular complexity index is 404. The van der Waals surface area contributed by atoms with Crippen molar-refractivity contribution in [2.75, 3.05) is 6.61 Å². The van der Waals surface area contributed by atoms with Gasteiger partial charge in [0.1, 0.15) is 6.61 Å². The quantitative estimate of drug-likeness (QED) is 0.334. The number of ether oxygens (including phenoxy) is 1. The van der Waals surface area contributed by atoms with Gasteiger partial charge in [-0.05, 0) is 31.3 Å². The van der Waals surface area contributed by atoms with Crippen molar-refractivity contribution in [3.8, 4) is 0 Å². The molecule has 1 unspecified atom stereocenters. The van der Waals surface area contributed by atoms with E-state index in [1.54, 1.807) is 30.4 Å². The first-order valence-corrected chi connectivity index (χ1v) is 9.11. The third kappa shape index (κ3) is 15.4. The van der Waals surface area contributed by atoms with Crippen LogP contribution in [0.15, 0.2) is 62.3 Å². The third-order valence-corrected chi connectivity index (χ3v) is 3.54. The Hall–Kier alpha value is -1.83. The molecule has 0 heterocycles. The van der Waals surface area contributed by atoms with Gasteiger partial charge in [0.25, 0.3) is 0 Å². The molecule has 2 heteroatoms. The zero-order valence-electron chi connectivity index (χ0n) is 17.5. The summed E-state index contributed by atoms with van der Waals surface area (Å²) in [4.78, 5) is 12.1. The van der Waals surface area contributed by atoms with Gasteiger partial charge in [0, 0.05) is 0 Å². The Labute approximate surface area is 157 Å². The third-order valence-electron chi connectivity index (χ3n) is 3.54. The number of rotatable bonds is 9. The van der Waals surface area contributed by atoms with Gasteiger partial charge in [0.05, 0.1) is 5.41 Å². The van der Waals surface area contributed by atoms with Crippen molar-refractivity contribution in [2.24, 2.45) is 17.3 Å². The predicted molar refractivity (Wildman–Crippen MR) is 114 cm³/mol. The molecule has 0 rings (SSSR count). The first-order valence-electron chi connectivity index (χ1n) is 9.11. The number of carbonyl (C=O) groups excluding carboxylic acids is 1. The van der Waals surface area contributed by atoms with Crippen LogP contribution in [0, 0.1) is 17.3 Å². The average molecular weight is 349 g/mol. The fourth-order valence-corrected chi connectivity index (χ4v) is 2.00. The summed E-state index contributed by atoms with van der Waals surface area (Å²) < 4.78 is 5.30. The molecule has 0 aromatic carbocycles. The minimum absolute atomic E-state index is 0.102. The Morgan fingerprint density at radius 3 is 1.72 bits per heavy atom. The van der Waals surface area contributed by atoms with Gasteiger partial charge in [0.2, 0.25) is 0 Å². The average Bonchev–Trinajstić information content (AvgIpc) is 2.58. The van der Waals surface area contributed by atoms with Crippen molar-refractivity contribution in [1.29, 1.82) is 0 Å². The molecule has 0 fully saturated rings. The highest BCUT2D eigenvalue weighted by molar-refractivity contribution is 5.76. The van der Waals surface area contributed by atoms with E-state index in [4.69, 9.17) is 4.74 Å². The van der Waals surface area contributed by atoms with Crippen LogP contribution in [-0.2, 0) is 9.53 Å². The van der Waals surface area contributed by atoms with Crippen LogP contribution < -0.4 is 0 Å². The number of carbonyl (C=O) groups is 1. The number of allylic oxidation sites excluding steroid dienone is 6. The summed E-state index contributed by atoms with van der Waals surface area (Å²) in [7, 11) is 0. The Balaban J connectivity index is -0.000000507. The molecule has 1 atom stereocenters. The maximum atomic E-state index is 12.1. The second-order valence-corrected chi connectivity index (χ2v) is 6.29. The lowest BCUT2D eigenvalue weighted by Crippen LogP contribution is -2.36. The van der Waals surface area contributed by atoms with E-state index >= 15 is 0 Å². The lowest BCUT2D eigenvalue weighted by atomic mass is 9.73. The summed E-state index contributed by atoms with van der Waals surface area (Å²) in [6, 6.07) is 0. The second-order valence-electron chi connectivity index (χ2n) is 6.29. The smallest absolute Gasteiger partial charge is 0.312 e. The molecule has 0 aliphatic heterocycles. The van der Waals surface area contributed by atoms with Crippen LogP contribution in [0.25, 0.3) is 0 Å². The topological polar surface area (TPSA) is 26.3 Å². The molecule has 144 valence electrons. The highest BCUT2D eigenvalue weighted by Gasteiger charge is 2.38. The normalized spacial score (nSPS) is 12.7. The molecule has 0 aromatic heterocycles.